The summed E-state index contributed by atoms with van der Waals surface area (Å²) in [6.07, 6.45) is 0. The van der Waals surface area contributed by atoms with Crippen LogP contribution in [0.4, 0.5) is 5.69 Å². The molecular weight excluding hydrogens is 434 g/mol. The van der Waals surface area contributed by atoms with Gasteiger partial charge in [-0.2, -0.15) is 0 Å². The summed E-state index contributed by atoms with van der Waals surface area (Å²) in [4.78, 5) is 10.7. The van der Waals surface area contributed by atoms with Crippen LogP contribution in [0.3, 0.4) is 0 Å². The van der Waals surface area contributed by atoms with E-state index >= 15 is 0 Å². The molecule has 0 spiro atoms. The van der Waals surface area contributed by atoms with Crippen molar-refractivity contribution in [2.24, 2.45) is 0 Å². The predicted molar refractivity (Wildman–Crippen MR) is 83.9 cm³/mol. The van der Waals surface area contributed by atoms with E-state index in [4.69, 9.17) is 5.11 Å². The van der Waals surface area contributed by atoms with Gasteiger partial charge in [0, 0.05) is 14.3 Å². The Morgan fingerprint density at radius 2 is 1.95 bits per heavy atom. The van der Waals surface area contributed by atoms with Gasteiger partial charge in [-0.1, -0.05) is 15.9 Å². The first kappa shape index (κ1) is 15.5. The van der Waals surface area contributed by atoms with Crippen molar-refractivity contribution in [3.05, 3.63) is 43.5 Å². The van der Waals surface area contributed by atoms with Crippen molar-refractivity contribution in [2.45, 2.75) is 4.90 Å². The Balaban J connectivity index is 2.35. The third-order valence-electron chi connectivity index (χ3n) is 2.27. The minimum absolute atomic E-state index is 0.0290. The SMILES string of the molecule is O=C(O)c1cc(S(=O)(=O)Nc2cc(Br)ccc2Br)cs1. The molecule has 5 nitrogen and oxygen atoms in total. The fourth-order valence-corrected chi connectivity index (χ4v) is 4.37. The summed E-state index contributed by atoms with van der Waals surface area (Å²) >= 11 is 7.36. The normalized spacial score (nSPS) is 11.3. The summed E-state index contributed by atoms with van der Waals surface area (Å²) in [7, 11) is -3.82. The van der Waals surface area contributed by atoms with Crippen molar-refractivity contribution < 1.29 is 18.3 Å². The summed E-state index contributed by atoms with van der Waals surface area (Å²) in [5.41, 5.74) is 0.363. The zero-order valence-electron chi connectivity index (χ0n) is 9.63. The lowest BCUT2D eigenvalue weighted by molar-refractivity contribution is 0.0702. The van der Waals surface area contributed by atoms with Gasteiger partial charge in [0.05, 0.1) is 10.6 Å². The molecule has 0 unspecified atom stereocenters. The molecule has 1 aromatic heterocycles. The van der Waals surface area contributed by atoms with Crippen LogP contribution >= 0.6 is 43.2 Å². The van der Waals surface area contributed by atoms with Gasteiger partial charge in [-0.25, -0.2) is 13.2 Å². The van der Waals surface area contributed by atoms with E-state index < -0.39 is 16.0 Å². The number of hydrogen-bond donors (Lipinski definition) is 2. The van der Waals surface area contributed by atoms with Crippen molar-refractivity contribution in [3.8, 4) is 0 Å². The summed E-state index contributed by atoms with van der Waals surface area (Å²) in [6.45, 7) is 0. The van der Waals surface area contributed by atoms with Crippen LogP contribution in [-0.2, 0) is 10.0 Å². The van der Waals surface area contributed by atoms with Gasteiger partial charge < -0.3 is 5.11 Å². The highest BCUT2D eigenvalue weighted by Crippen LogP contribution is 2.29. The summed E-state index contributed by atoms with van der Waals surface area (Å²) in [5, 5.41) is 10.1. The molecule has 0 aliphatic carbocycles. The van der Waals surface area contributed by atoms with Crippen LogP contribution in [-0.4, -0.2) is 19.5 Å². The second kappa shape index (κ2) is 5.84. The third-order valence-corrected chi connectivity index (χ3v) is 5.87. The average Bonchev–Trinajstić information content (AvgIpc) is 2.84. The van der Waals surface area contributed by atoms with E-state index in [2.05, 4.69) is 36.6 Å². The Kier molecular flexibility index (Phi) is 4.52. The van der Waals surface area contributed by atoms with Gasteiger partial charge in [0.1, 0.15) is 4.88 Å². The quantitative estimate of drug-likeness (QED) is 0.757. The number of nitrogens with one attached hydrogen (secondary N) is 1. The van der Waals surface area contributed by atoms with Crippen LogP contribution in [0.1, 0.15) is 9.67 Å². The van der Waals surface area contributed by atoms with Gasteiger partial charge in [0.25, 0.3) is 10.0 Å². The molecule has 2 aromatic rings. The topological polar surface area (TPSA) is 83.5 Å². The summed E-state index contributed by atoms with van der Waals surface area (Å²) < 4.78 is 28.0. The molecule has 0 aliphatic rings. The van der Waals surface area contributed by atoms with E-state index in [9.17, 15) is 13.2 Å². The zero-order chi connectivity index (χ0) is 14.9. The Hall–Kier alpha value is -0.900. The van der Waals surface area contributed by atoms with E-state index in [-0.39, 0.29) is 9.77 Å². The van der Waals surface area contributed by atoms with Crippen molar-refractivity contribution >= 4 is 64.9 Å². The first-order chi connectivity index (χ1) is 9.29. The summed E-state index contributed by atoms with van der Waals surface area (Å²) in [5.74, 6) is -1.15. The van der Waals surface area contributed by atoms with E-state index in [0.717, 1.165) is 21.9 Å². The van der Waals surface area contributed by atoms with E-state index in [1.165, 1.54) is 5.38 Å². The average molecular weight is 441 g/mol. The fraction of sp³-hybridized carbons (Fsp3) is 0. The number of hydrogen-bond acceptors (Lipinski definition) is 4. The van der Waals surface area contributed by atoms with Gasteiger partial charge in [-0.05, 0) is 40.2 Å². The highest BCUT2D eigenvalue weighted by molar-refractivity contribution is 9.11. The predicted octanol–water partition coefficient (Wildman–Crippen LogP) is 3.77. The molecule has 9 heteroatoms. The second-order valence-corrected chi connectivity index (χ2v) is 8.05. The van der Waals surface area contributed by atoms with Crippen LogP contribution < -0.4 is 4.72 Å². The van der Waals surface area contributed by atoms with Gasteiger partial charge in [-0.3, -0.25) is 4.72 Å². The van der Waals surface area contributed by atoms with Gasteiger partial charge in [0.2, 0.25) is 0 Å². The van der Waals surface area contributed by atoms with Crippen LogP contribution in [0, 0.1) is 0 Å². The number of halogens is 2. The standard InChI is InChI=1S/C11H7Br2NO4S2/c12-6-1-2-8(13)9(3-6)14-20(17,18)7-4-10(11(15)16)19-5-7/h1-5,14H,(H,15,16). The van der Waals surface area contributed by atoms with E-state index in [0.29, 0.717) is 10.2 Å². The molecule has 2 rings (SSSR count). The Labute approximate surface area is 135 Å². The molecule has 106 valence electrons. The molecule has 2 N–H and O–H groups in total. The lowest BCUT2D eigenvalue weighted by atomic mass is 10.3. The van der Waals surface area contributed by atoms with Crippen molar-refractivity contribution in [3.63, 3.8) is 0 Å². The number of carboxylic acids is 1. The second-order valence-electron chi connectivity index (χ2n) is 3.68. The van der Waals surface area contributed by atoms with Gasteiger partial charge >= 0.3 is 5.97 Å². The number of anilines is 1. The number of sulfonamides is 1. The van der Waals surface area contributed by atoms with Crippen LogP contribution in [0.5, 0.6) is 0 Å². The van der Waals surface area contributed by atoms with Gasteiger partial charge in [0.15, 0.2) is 0 Å². The fourth-order valence-electron chi connectivity index (χ4n) is 1.35. The maximum atomic E-state index is 12.2. The highest BCUT2D eigenvalue weighted by Gasteiger charge is 2.19. The van der Waals surface area contributed by atoms with E-state index in [1.54, 1.807) is 18.2 Å². The molecule has 0 saturated heterocycles. The van der Waals surface area contributed by atoms with Crippen molar-refractivity contribution in [1.29, 1.82) is 0 Å². The number of benzene rings is 1. The molecular formula is C11H7Br2NO4S2. The minimum Gasteiger partial charge on any atom is -0.477 e. The molecule has 0 bridgehead atoms. The van der Waals surface area contributed by atoms with Crippen LogP contribution in [0.2, 0.25) is 0 Å². The Bertz CT molecular complexity index is 770. The number of carbonyl (C=O) groups is 1. The Morgan fingerprint density at radius 1 is 1.25 bits per heavy atom. The lowest BCUT2D eigenvalue weighted by Crippen LogP contribution is -2.12. The van der Waals surface area contributed by atoms with Crippen LogP contribution in [0.15, 0.2) is 43.5 Å². The van der Waals surface area contributed by atoms with E-state index in [1.807, 2.05) is 0 Å². The zero-order valence-corrected chi connectivity index (χ0v) is 14.4. The third kappa shape index (κ3) is 3.40. The molecule has 0 aliphatic heterocycles. The Morgan fingerprint density at radius 3 is 2.55 bits per heavy atom. The molecule has 0 fully saturated rings. The number of carboxylic acid groups (broad SMARTS) is 1. The maximum Gasteiger partial charge on any atom is 0.345 e. The lowest BCUT2D eigenvalue weighted by Gasteiger charge is -2.08. The molecule has 0 amide bonds. The van der Waals surface area contributed by atoms with Gasteiger partial charge in [-0.15, -0.1) is 11.3 Å². The first-order valence-corrected chi connectivity index (χ1v) is 9.04. The molecule has 1 heterocycles. The molecule has 0 atom stereocenters. The number of thiophene rings is 1. The smallest absolute Gasteiger partial charge is 0.345 e. The number of aromatic carboxylic acids is 1. The molecule has 20 heavy (non-hydrogen) atoms. The molecule has 1 aromatic carbocycles. The minimum atomic E-state index is -3.82. The van der Waals surface area contributed by atoms with Crippen molar-refractivity contribution in [2.75, 3.05) is 4.72 Å². The monoisotopic (exact) mass is 439 g/mol. The number of rotatable bonds is 4. The summed E-state index contributed by atoms with van der Waals surface area (Å²) in [6, 6.07) is 6.18. The van der Waals surface area contributed by atoms with Crippen LogP contribution in [0.25, 0.3) is 0 Å². The highest BCUT2D eigenvalue weighted by atomic mass is 79.9. The largest absolute Gasteiger partial charge is 0.477 e. The maximum absolute atomic E-state index is 12.2. The first-order valence-electron chi connectivity index (χ1n) is 5.09. The van der Waals surface area contributed by atoms with Crippen molar-refractivity contribution in [1.82, 2.24) is 0 Å². The molecule has 0 radical (unpaired) electrons. The molecule has 0 saturated carbocycles.